The molecule has 0 amide bonds. The van der Waals surface area contributed by atoms with E-state index in [2.05, 4.69) is 4.72 Å². The van der Waals surface area contributed by atoms with Gasteiger partial charge in [0.1, 0.15) is 5.75 Å². The van der Waals surface area contributed by atoms with Crippen LogP contribution in [0.25, 0.3) is 0 Å². The lowest BCUT2D eigenvalue weighted by Crippen LogP contribution is -2.42. The van der Waals surface area contributed by atoms with E-state index in [-0.39, 0.29) is 24.0 Å². The fourth-order valence-corrected chi connectivity index (χ4v) is 4.81. The van der Waals surface area contributed by atoms with Crippen molar-refractivity contribution in [3.8, 4) is 5.75 Å². The van der Waals surface area contributed by atoms with Gasteiger partial charge < -0.3 is 4.74 Å². The van der Waals surface area contributed by atoms with Gasteiger partial charge in [-0.3, -0.25) is 0 Å². The summed E-state index contributed by atoms with van der Waals surface area (Å²) in [5, 5.41) is 0. The zero-order chi connectivity index (χ0) is 18.5. The lowest BCUT2D eigenvalue weighted by Gasteiger charge is -2.26. The van der Waals surface area contributed by atoms with Gasteiger partial charge in [0.2, 0.25) is 20.0 Å². The molecule has 0 saturated heterocycles. The highest BCUT2D eigenvalue weighted by molar-refractivity contribution is 7.89. The molecule has 1 unspecified atom stereocenters. The van der Waals surface area contributed by atoms with E-state index >= 15 is 0 Å². The van der Waals surface area contributed by atoms with Gasteiger partial charge in [0.15, 0.2) is 0 Å². The minimum absolute atomic E-state index is 0.00517. The third-order valence-electron chi connectivity index (χ3n) is 3.80. The highest BCUT2D eigenvalue weighted by Crippen LogP contribution is 2.20. The zero-order valence-corrected chi connectivity index (χ0v) is 16.4. The Morgan fingerprint density at radius 2 is 1.88 bits per heavy atom. The molecule has 7 nitrogen and oxygen atoms in total. The van der Waals surface area contributed by atoms with Gasteiger partial charge in [-0.25, -0.2) is 21.6 Å². The first-order chi connectivity index (χ1) is 11.0. The molecule has 0 saturated carbocycles. The Morgan fingerprint density at radius 1 is 1.25 bits per heavy atom. The van der Waals surface area contributed by atoms with Crippen molar-refractivity contribution in [3.63, 3.8) is 0 Å². The largest absolute Gasteiger partial charge is 0.497 e. The molecule has 24 heavy (non-hydrogen) atoms. The number of sulfonamides is 2. The van der Waals surface area contributed by atoms with Gasteiger partial charge in [-0.15, -0.1) is 0 Å². The Hall–Kier alpha value is -1.16. The third kappa shape index (κ3) is 5.44. The first-order valence-electron chi connectivity index (χ1n) is 7.64. The quantitative estimate of drug-likeness (QED) is 0.700. The summed E-state index contributed by atoms with van der Waals surface area (Å²) in [4.78, 5) is 0.151. The van der Waals surface area contributed by atoms with Crippen molar-refractivity contribution in [1.82, 2.24) is 9.03 Å². The summed E-state index contributed by atoms with van der Waals surface area (Å²) >= 11 is 0. The molecule has 0 bridgehead atoms. The summed E-state index contributed by atoms with van der Waals surface area (Å²) in [5.41, 5.74) is 0.559. The summed E-state index contributed by atoms with van der Waals surface area (Å²) in [6.45, 7) is 5.45. The predicted octanol–water partition coefficient (Wildman–Crippen LogP) is 1.34. The van der Waals surface area contributed by atoms with E-state index < -0.39 is 20.0 Å². The topological polar surface area (TPSA) is 92.8 Å². The first-order valence-corrected chi connectivity index (χ1v) is 11.0. The van der Waals surface area contributed by atoms with Gasteiger partial charge in [-0.2, -0.15) is 4.31 Å². The Bertz CT molecular complexity index is 760. The van der Waals surface area contributed by atoms with Crippen LogP contribution >= 0.6 is 0 Å². The number of nitrogens with one attached hydrogen (secondary N) is 1. The highest BCUT2D eigenvalue weighted by atomic mass is 32.2. The molecule has 138 valence electrons. The number of benzene rings is 1. The van der Waals surface area contributed by atoms with Crippen LogP contribution in [0.2, 0.25) is 0 Å². The summed E-state index contributed by atoms with van der Waals surface area (Å²) < 4.78 is 57.3. The third-order valence-corrected chi connectivity index (χ3v) is 6.82. The lowest BCUT2D eigenvalue weighted by atomic mass is 10.2. The molecule has 0 aliphatic carbocycles. The SMILES string of the molecule is CCC(C)N(CCNS(=O)(=O)c1ccc(OC)cc1C)S(C)(=O)=O. The molecule has 1 aromatic carbocycles. The second kappa shape index (κ2) is 8.28. The van der Waals surface area contributed by atoms with Crippen LogP contribution in [0.3, 0.4) is 0 Å². The van der Waals surface area contributed by atoms with E-state index in [0.29, 0.717) is 17.7 Å². The van der Waals surface area contributed by atoms with Crippen molar-refractivity contribution in [1.29, 1.82) is 0 Å². The zero-order valence-electron chi connectivity index (χ0n) is 14.7. The predicted molar refractivity (Wildman–Crippen MR) is 94.2 cm³/mol. The lowest BCUT2D eigenvalue weighted by molar-refractivity contribution is 0.335. The smallest absolute Gasteiger partial charge is 0.240 e. The molecule has 0 aromatic heterocycles. The second-order valence-corrected chi connectivity index (χ2v) is 9.33. The van der Waals surface area contributed by atoms with Crippen LogP contribution in [0.4, 0.5) is 0 Å². The number of hydrogen-bond acceptors (Lipinski definition) is 5. The summed E-state index contributed by atoms with van der Waals surface area (Å²) in [6.07, 6.45) is 1.78. The van der Waals surface area contributed by atoms with E-state index in [0.717, 1.165) is 6.26 Å². The van der Waals surface area contributed by atoms with Crippen LogP contribution in [0.5, 0.6) is 5.75 Å². The maximum atomic E-state index is 12.4. The monoisotopic (exact) mass is 378 g/mol. The van der Waals surface area contributed by atoms with Crippen molar-refractivity contribution >= 4 is 20.0 Å². The van der Waals surface area contributed by atoms with E-state index in [1.54, 1.807) is 26.0 Å². The molecular formula is C15H26N2O5S2. The molecule has 0 spiro atoms. The molecule has 1 N–H and O–H groups in total. The molecule has 0 heterocycles. The molecule has 0 aliphatic rings. The second-order valence-electron chi connectivity index (χ2n) is 5.66. The van der Waals surface area contributed by atoms with E-state index in [1.807, 2.05) is 6.92 Å². The minimum Gasteiger partial charge on any atom is -0.497 e. The molecule has 1 atom stereocenters. The van der Waals surface area contributed by atoms with Crippen molar-refractivity contribution in [2.45, 2.75) is 38.1 Å². The van der Waals surface area contributed by atoms with Gasteiger partial charge in [0.05, 0.1) is 18.3 Å². The fourth-order valence-electron chi connectivity index (χ4n) is 2.34. The Labute approximate surface area is 145 Å². The average molecular weight is 379 g/mol. The highest BCUT2D eigenvalue weighted by Gasteiger charge is 2.23. The molecule has 0 aliphatic heterocycles. The number of methoxy groups -OCH3 is 1. The van der Waals surface area contributed by atoms with Crippen LogP contribution in [-0.2, 0) is 20.0 Å². The van der Waals surface area contributed by atoms with Gasteiger partial charge >= 0.3 is 0 Å². The number of nitrogens with zero attached hydrogens (tertiary/aromatic N) is 1. The first kappa shape index (κ1) is 20.9. The Morgan fingerprint density at radius 3 is 2.33 bits per heavy atom. The summed E-state index contributed by atoms with van der Waals surface area (Å²) in [6, 6.07) is 4.49. The molecular weight excluding hydrogens is 352 g/mol. The van der Waals surface area contributed by atoms with E-state index in [9.17, 15) is 16.8 Å². The molecule has 1 aromatic rings. The van der Waals surface area contributed by atoms with Crippen LogP contribution in [0.1, 0.15) is 25.8 Å². The van der Waals surface area contributed by atoms with Crippen LogP contribution < -0.4 is 9.46 Å². The van der Waals surface area contributed by atoms with Crippen LogP contribution in [0.15, 0.2) is 23.1 Å². The average Bonchev–Trinajstić information content (AvgIpc) is 2.49. The number of aryl methyl sites for hydroxylation is 1. The summed E-state index contributed by atoms with van der Waals surface area (Å²) in [7, 11) is -5.60. The van der Waals surface area contributed by atoms with Crippen LogP contribution in [-0.4, -0.2) is 53.6 Å². The van der Waals surface area contributed by atoms with Gasteiger partial charge in [0, 0.05) is 19.1 Å². The maximum absolute atomic E-state index is 12.4. The van der Waals surface area contributed by atoms with E-state index in [1.165, 1.54) is 17.5 Å². The van der Waals surface area contributed by atoms with Crippen molar-refractivity contribution in [2.75, 3.05) is 26.5 Å². The van der Waals surface area contributed by atoms with Crippen LogP contribution in [0, 0.1) is 6.92 Å². The number of hydrogen-bond donors (Lipinski definition) is 1. The molecule has 0 fully saturated rings. The fraction of sp³-hybridized carbons (Fsp3) is 0.600. The Kier molecular flexibility index (Phi) is 7.21. The minimum atomic E-state index is -3.72. The molecule has 0 radical (unpaired) electrons. The van der Waals surface area contributed by atoms with Crippen molar-refractivity contribution < 1.29 is 21.6 Å². The van der Waals surface area contributed by atoms with Gasteiger partial charge in [-0.05, 0) is 44.0 Å². The summed E-state index contributed by atoms with van der Waals surface area (Å²) in [5.74, 6) is 0.575. The number of ether oxygens (including phenoxy) is 1. The van der Waals surface area contributed by atoms with Gasteiger partial charge in [-0.1, -0.05) is 6.92 Å². The molecule has 9 heteroatoms. The standard InChI is InChI=1S/C15H26N2O5S2/c1-6-13(3)17(23(5,18)19)10-9-16-24(20,21)15-8-7-14(22-4)11-12(15)2/h7-8,11,13,16H,6,9-10H2,1-5H3. The normalized spacial score (nSPS) is 13.9. The number of rotatable bonds is 9. The van der Waals surface area contributed by atoms with Gasteiger partial charge in [0.25, 0.3) is 0 Å². The van der Waals surface area contributed by atoms with Crippen molar-refractivity contribution in [2.24, 2.45) is 0 Å². The Balaban J connectivity index is 2.85. The van der Waals surface area contributed by atoms with Crippen molar-refractivity contribution in [3.05, 3.63) is 23.8 Å². The maximum Gasteiger partial charge on any atom is 0.240 e. The molecule has 1 rings (SSSR count). The van der Waals surface area contributed by atoms with E-state index in [4.69, 9.17) is 4.74 Å².